The predicted octanol–water partition coefficient (Wildman–Crippen LogP) is -2.65. The van der Waals surface area contributed by atoms with E-state index in [0.29, 0.717) is 0 Å². The Morgan fingerprint density at radius 3 is 2.45 bits per heavy atom. The fourth-order valence-electron chi connectivity index (χ4n) is 0.670. The quantitative estimate of drug-likeness (QED) is 0.317. The van der Waals surface area contributed by atoms with Crippen molar-refractivity contribution in [2.45, 2.75) is 18.4 Å². The predicted molar refractivity (Wildman–Crippen MR) is 31.1 cm³/mol. The van der Waals surface area contributed by atoms with E-state index in [4.69, 9.17) is 20.4 Å². The minimum atomic E-state index is -2.11. The van der Waals surface area contributed by atoms with Crippen LogP contribution in [0.15, 0.2) is 0 Å². The average molecular weight is 166 g/mol. The van der Waals surface area contributed by atoms with Crippen molar-refractivity contribution in [3.05, 3.63) is 0 Å². The Balaban J connectivity index is 2.48. The molecule has 0 aromatic rings. The van der Waals surface area contributed by atoms with Crippen LogP contribution in [-0.4, -0.2) is 52.0 Å². The van der Waals surface area contributed by atoms with E-state index in [-0.39, 0.29) is 6.61 Å². The van der Waals surface area contributed by atoms with Gasteiger partial charge in [0.1, 0.15) is 13.2 Å². The molecule has 1 heterocycles. The molecule has 1 rings (SSSR count). The summed E-state index contributed by atoms with van der Waals surface area (Å²) in [5, 5.41) is 34.9. The second-order valence-electron chi connectivity index (χ2n) is 2.30. The molecule has 2 atom stereocenters. The van der Waals surface area contributed by atoms with E-state index in [1.807, 2.05) is 0 Å². The first-order valence-electron chi connectivity index (χ1n) is 3.07. The zero-order valence-corrected chi connectivity index (χ0v) is 5.67. The molecule has 1 aliphatic heterocycles. The molecule has 66 valence electrons. The lowest BCUT2D eigenvalue weighted by Gasteiger charge is -2.34. The number of aliphatic hydroxyl groups excluding tert-OH is 2. The topological polar surface area (TPSA) is 99.4 Å². The van der Waals surface area contributed by atoms with Crippen molar-refractivity contribution in [1.82, 2.24) is 0 Å². The van der Waals surface area contributed by atoms with Gasteiger partial charge < -0.3 is 29.9 Å². The molecule has 11 heavy (non-hydrogen) atoms. The first-order chi connectivity index (χ1) is 5.04. The van der Waals surface area contributed by atoms with Crippen molar-refractivity contribution >= 4 is 0 Å². The van der Waals surface area contributed by atoms with Crippen LogP contribution in [0.4, 0.5) is 0 Å². The molecule has 1 saturated heterocycles. The Labute approximate surface area is 62.6 Å². The van der Waals surface area contributed by atoms with Crippen LogP contribution in [0, 0.1) is 0 Å². The van der Waals surface area contributed by atoms with E-state index < -0.39 is 25.0 Å². The maximum absolute atomic E-state index is 9.11. The fourth-order valence-corrected chi connectivity index (χ4v) is 0.670. The summed E-state index contributed by atoms with van der Waals surface area (Å²) in [4.78, 5) is 0. The second kappa shape index (κ2) is 3.02. The zero-order chi connectivity index (χ0) is 8.48. The van der Waals surface area contributed by atoms with Crippen LogP contribution in [-0.2, 0) is 9.47 Å². The summed E-state index contributed by atoms with van der Waals surface area (Å²) in [6, 6.07) is 0. The largest absolute Gasteiger partial charge is 0.366 e. The van der Waals surface area contributed by atoms with Crippen molar-refractivity contribution in [3.8, 4) is 0 Å². The minimum Gasteiger partial charge on any atom is -0.366 e. The molecule has 0 saturated carbocycles. The van der Waals surface area contributed by atoms with Gasteiger partial charge >= 0.3 is 0 Å². The van der Waals surface area contributed by atoms with Crippen LogP contribution < -0.4 is 0 Å². The monoisotopic (exact) mass is 166 g/mol. The fraction of sp³-hybridized carbons (Fsp3) is 1.00. The Morgan fingerprint density at radius 1 is 1.45 bits per heavy atom. The van der Waals surface area contributed by atoms with Gasteiger partial charge in [0.25, 0.3) is 0 Å². The molecule has 0 aromatic carbocycles. The lowest BCUT2D eigenvalue weighted by molar-refractivity contribution is -0.379. The van der Waals surface area contributed by atoms with Crippen LogP contribution in [0.25, 0.3) is 0 Å². The lowest BCUT2D eigenvalue weighted by atomic mass is 10.2. The number of ether oxygens (including phenoxy) is 2. The van der Waals surface area contributed by atoms with Crippen molar-refractivity contribution in [2.75, 3.05) is 13.2 Å². The van der Waals surface area contributed by atoms with Gasteiger partial charge in [-0.25, -0.2) is 0 Å². The normalized spacial score (nSPS) is 39.5. The van der Waals surface area contributed by atoms with Gasteiger partial charge in [-0.15, -0.1) is 0 Å². The van der Waals surface area contributed by atoms with Crippen molar-refractivity contribution in [3.63, 3.8) is 0 Å². The highest BCUT2D eigenvalue weighted by atomic mass is 16.7. The van der Waals surface area contributed by atoms with E-state index >= 15 is 0 Å². The van der Waals surface area contributed by atoms with Gasteiger partial charge in [0, 0.05) is 0 Å². The highest BCUT2D eigenvalue weighted by Gasteiger charge is 2.40. The molecule has 0 bridgehead atoms. The molecule has 1 fully saturated rings. The van der Waals surface area contributed by atoms with Crippen molar-refractivity contribution in [2.24, 2.45) is 0 Å². The highest BCUT2D eigenvalue weighted by molar-refractivity contribution is 4.72. The number of hydrogen-bond acceptors (Lipinski definition) is 6. The molecule has 1 aliphatic rings. The van der Waals surface area contributed by atoms with E-state index in [1.54, 1.807) is 0 Å². The lowest BCUT2D eigenvalue weighted by Crippen LogP contribution is -2.54. The third-order valence-electron chi connectivity index (χ3n) is 1.36. The number of rotatable bonds is 1. The molecule has 0 amide bonds. The smallest absolute Gasteiger partial charge is 0.242 e. The van der Waals surface area contributed by atoms with Crippen LogP contribution >= 0.6 is 0 Å². The summed E-state index contributed by atoms with van der Waals surface area (Å²) < 4.78 is 9.03. The average Bonchev–Trinajstić information content (AvgIpc) is 1.95. The van der Waals surface area contributed by atoms with Crippen LogP contribution in [0.5, 0.6) is 0 Å². The minimum absolute atomic E-state index is 0.284. The Hall–Kier alpha value is -0.240. The maximum Gasteiger partial charge on any atom is 0.242 e. The van der Waals surface area contributed by atoms with Gasteiger partial charge in [-0.2, -0.15) is 0 Å². The summed E-state index contributed by atoms with van der Waals surface area (Å²) >= 11 is 0. The number of hydrogen-bond donors (Lipinski definition) is 4. The molecule has 0 aromatic heterocycles. The Kier molecular flexibility index (Phi) is 2.43. The van der Waals surface area contributed by atoms with Gasteiger partial charge in [-0.3, -0.25) is 0 Å². The summed E-state index contributed by atoms with van der Waals surface area (Å²) in [5.74, 6) is -2.11. The molecule has 6 heteroatoms. The van der Waals surface area contributed by atoms with Crippen LogP contribution in [0.3, 0.4) is 0 Å². The standard InChI is InChI=1S/C5H10O6/c6-3-1-11-5(9,2-10-3)4(7)8/h3-4,6-9H,1-2H2. The summed E-state index contributed by atoms with van der Waals surface area (Å²) in [7, 11) is 0. The van der Waals surface area contributed by atoms with Gasteiger partial charge in [0.15, 0.2) is 6.29 Å². The molecule has 0 spiro atoms. The van der Waals surface area contributed by atoms with Gasteiger partial charge in [-0.1, -0.05) is 0 Å². The molecule has 2 unspecified atom stereocenters. The first kappa shape index (κ1) is 8.85. The molecular formula is C5H10O6. The van der Waals surface area contributed by atoms with E-state index in [1.165, 1.54) is 0 Å². The van der Waals surface area contributed by atoms with Gasteiger partial charge in [0.2, 0.25) is 12.1 Å². The van der Waals surface area contributed by atoms with Gasteiger partial charge in [0.05, 0.1) is 0 Å². The van der Waals surface area contributed by atoms with E-state index in [2.05, 4.69) is 9.47 Å². The maximum atomic E-state index is 9.11. The SMILES string of the molecule is OC1COC(O)(C(O)O)CO1. The number of aliphatic hydroxyl groups is 4. The second-order valence-corrected chi connectivity index (χ2v) is 2.30. The molecule has 6 nitrogen and oxygen atoms in total. The Bertz CT molecular complexity index is 127. The van der Waals surface area contributed by atoms with Crippen LogP contribution in [0.1, 0.15) is 0 Å². The van der Waals surface area contributed by atoms with Crippen molar-refractivity contribution in [1.29, 1.82) is 0 Å². The van der Waals surface area contributed by atoms with Crippen molar-refractivity contribution < 1.29 is 29.9 Å². The van der Waals surface area contributed by atoms with E-state index in [0.717, 1.165) is 0 Å². The Morgan fingerprint density at radius 2 is 2.09 bits per heavy atom. The first-order valence-corrected chi connectivity index (χ1v) is 3.07. The highest BCUT2D eigenvalue weighted by Crippen LogP contribution is 2.17. The van der Waals surface area contributed by atoms with E-state index in [9.17, 15) is 0 Å². The molecular weight excluding hydrogens is 156 g/mol. The summed E-state index contributed by atoms with van der Waals surface area (Å²) in [5.41, 5.74) is 0. The van der Waals surface area contributed by atoms with Crippen LogP contribution in [0.2, 0.25) is 0 Å². The molecule has 0 radical (unpaired) electrons. The summed E-state index contributed by atoms with van der Waals surface area (Å²) in [6.45, 7) is -0.750. The van der Waals surface area contributed by atoms with Gasteiger partial charge in [-0.05, 0) is 0 Å². The molecule has 0 aliphatic carbocycles. The molecule has 4 N–H and O–H groups in total. The third kappa shape index (κ3) is 1.86. The summed E-state index contributed by atoms with van der Waals surface area (Å²) in [6.07, 6.45) is -3.15. The zero-order valence-electron chi connectivity index (χ0n) is 5.67. The third-order valence-corrected chi connectivity index (χ3v) is 1.36.